The van der Waals surface area contributed by atoms with Crippen LogP contribution in [0.4, 0.5) is 5.69 Å². The Labute approximate surface area is 124 Å². The number of ether oxygens (including phenoxy) is 1. The number of amides is 1. The van der Waals surface area contributed by atoms with Crippen LogP contribution in [0.25, 0.3) is 0 Å². The number of nitro benzene ring substituents is 1. The molecule has 1 aromatic carbocycles. The molecule has 116 valence electrons. The SMILES string of the molecule is CCCCCCNC(=O)COc1ccc(C)cc1[N+](=O)[O-]. The van der Waals surface area contributed by atoms with Gasteiger partial charge in [-0.1, -0.05) is 32.3 Å². The first-order chi connectivity index (χ1) is 10.0. The predicted octanol–water partition coefficient (Wildman–Crippen LogP) is 2.98. The van der Waals surface area contributed by atoms with Crippen molar-refractivity contribution in [2.24, 2.45) is 0 Å². The van der Waals surface area contributed by atoms with Crippen molar-refractivity contribution < 1.29 is 14.5 Å². The number of benzene rings is 1. The van der Waals surface area contributed by atoms with Gasteiger partial charge in [-0.15, -0.1) is 0 Å². The van der Waals surface area contributed by atoms with Crippen LogP contribution in [-0.4, -0.2) is 24.0 Å². The minimum Gasteiger partial charge on any atom is -0.477 e. The van der Waals surface area contributed by atoms with Gasteiger partial charge in [-0.3, -0.25) is 14.9 Å². The van der Waals surface area contributed by atoms with E-state index in [1.165, 1.54) is 12.1 Å². The van der Waals surface area contributed by atoms with Gasteiger partial charge in [0.25, 0.3) is 5.91 Å². The topological polar surface area (TPSA) is 81.5 Å². The van der Waals surface area contributed by atoms with Crippen molar-refractivity contribution in [2.45, 2.75) is 39.5 Å². The second-order valence-corrected chi connectivity index (χ2v) is 4.93. The van der Waals surface area contributed by atoms with Crippen molar-refractivity contribution in [1.29, 1.82) is 0 Å². The molecule has 0 unspecified atom stereocenters. The molecule has 0 saturated heterocycles. The van der Waals surface area contributed by atoms with E-state index in [4.69, 9.17) is 4.74 Å². The lowest BCUT2D eigenvalue weighted by Crippen LogP contribution is -2.29. The molecule has 21 heavy (non-hydrogen) atoms. The van der Waals surface area contributed by atoms with Crippen molar-refractivity contribution in [1.82, 2.24) is 5.32 Å². The Bertz CT molecular complexity index is 489. The van der Waals surface area contributed by atoms with Crippen molar-refractivity contribution in [3.05, 3.63) is 33.9 Å². The molecule has 1 N–H and O–H groups in total. The third-order valence-electron chi connectivity index (χ3n) is 3.02. The van der Waals surface area contributed by atoms with Gasteiger partial charge in [-0.05, 0) is 25.0 Å². The van der Waals surface area contributed by atoms with E-state index in [-0.39, 0.29) is 24.0 Å². The zero-order valence-corrected chi connectivity index (χ0v) is 12.6. The molecule has 0 bridgehead atoms. The maximum Gasteiger partial charge on any atom is 0.311 e. The van der Waals surface area contributed by atoms with Crippen LogP contribution in [0.5, 0.6) is 5.75 Å². The first kappa shape index (κ1) is 16.9. The Hall–Kier alpha value is -2.11. The Kier molecular flexibility index (Phi) is 7.21. The van der Waals surface area contributed by atoms with Crippen LogP contribution in [0.2, 0.25) is 0 Å². The molecule has 6 nitrogen and oxygen atoms in total. The molecular weight excluding hydrogens is 272 g/mol. The molecule has 0 heterocycles. The van der Waals surface area contributed by atoms with E-state index >= 15 is 0 Å². The molecule has 1 amide bonds. The van der Waals surface area contributed by atoms with Gasteiger partial charge in [-0.2, -0.15) is 0 Å². The van der Waals surface area contributed by atoms with Crippen LogP contribution >= 0.6 is 0 Å². The van der Waals surface area contributed by atoms with Crippen molar-refractivity contribution in [2.75, 3.05) is 13.2 Å². The summed E-state index contributed by atoms with van der Waals surface area (Å²) >= 11 is 0. The van der Waals surface area contributed by atoms with E-state index < -0.39 is 4.92 Å². The number of nitro groups is 1. The lowest BCUT2D eigenvalue weighted by atomic mass is 10.2. The van der Waals surface area contributed by atoms with Gasteiger partial charge in [0, 0.05) is 12.6 Å². The van der Waals surface area contributed by atoms with Gasteiger partial charge in [0.05, 0.1) is 4.92 Å². The van der Waals surface area contributed by atoms with Crippen LogP contribution in [-0.2, 0) is 4.79 Å². The average Bonchev–Trinajstić information content (AvgIpc) is 2.45. The Morgan fingerprint density at radius 3 is 2.76 bits per heavy atom. The van der Waals surface area contributed by atoms with E-state index in [1.54, 1.807) is 13.0 Å². The normalized spacial score (nSPS) is 10.2. The second kappa shape index (κ2) is 8.94. The predicted molar refractivity (Wildman–Crippen MR) is 80.5 cm³/mol. The highest BCUT2D eigenvalue weighted by atomic mass is 16.6. The summed E-state index contributed by atoms with van der Waals surface area (Å²) in [6.07, 6.45) is 4.32. The molecule has 0 aromatic heterocycles. The number of nitrogens with zero attached hydrogens (tertiary/aromatic N) is 1. The lowest BCUT2D eigenvalue weighted by molar-refractivity contribution is -0.385. The van der Waals surface area contributed by atoms with Crippen molar-refractivity contribution in [3.8, 4) is 5.75 Å². The third-order valence-corrected chi connectivity index (χ3v) is 3.02. The van der Waals surface area contributed by atoms with E-state index in [1.807, 2.05) is 0 Å². The zero-order valence-electron chi connectivity index (χ0n) is 12.6. The number of carbonyl (C=O) groups is 1. The summed E-state index contributed by atoms with van der Waals surface area (Å²) in [6.45, 7) is 4.29. The fraction of sp³-hybridized carbons (Fsp3) is 0.533. The van der Waals surface area contributed by atoms with Gasteiger partial charge in [0.2, 0.25) is 0 Å². The molecular formula is C15H22N2O4. The molecule has 0 fully saturated rings. The van der Waals surface area contributed by atoms with Gasteiger partial charge in [0.15, 0.2) is 12.4 Å². The molecule has 1 rings (SSSR count). The highest BCUT2D eigenvalue weighted by Gasteiger charge is 2.16. The summed E-state index contributed by atoms with van der Waals surface area (Å²) in [7, 11) is 0. The summed E-state index contributed by atoms with van der Waals surface area (Å²) in [4.78, 5) is 22.0. The van der Waals surface area contributed by atoms with Crippen molar-refractivity contribution in [3.63, 3.8) is 0 Å². The quantitative estimate of drug-likeness (QED) is 0.431. The number of carbonyl (C=O) groups excluding carboxylic acids is 1. The van der Waals surface area contributed by atoms with Crippen molar-refractivity contribution >= 4 is 11.6 Å². The summed E-state index contributed by atoms with van der Waals surface area (Å²) in [5.74, 6) is -0.145. The number of unbranched alkanes of at least 4 members (excludes halogenated alkanes) is 3. The molecule has 1 aromatic rings. The van der Waals surface area contributed by atoms with Gasteiger partial charge in [0.1, 0.15) is 0 Å². The maximum atomic E-state index is 11.6. The number of aryl methyl sites for hydroxylation is 1. The van der Waals surface area contributed by atoms with E-state index in [9.17, 15) is 14.9 Å². The molecule has 0 radical (unpaired) electrons. The van der Waals surface area contributed by atoms with Crippen LogP contribution in [0.15, 0.2) is 18.2 Å². The molecule has 0 saturated carbocycles. The molecule has 0 spiro atoms. The maximum absolute atomic E-state index is 11.6. The lowest BCUT2D eigenvalue weighted by Gasteiger charge is -2.08. The highest BCUT2D eigenvalue weighted by molar-refractivity contribution is 5.77. The first-order valence-electron chi connectivity index (χ1n) is 7.19. The minimum atomic E-state index is -0.509. The number of nitrogens with one attached hydrogen (secondary N) is 1. The average molecular weight is 294 g/mol. The minimum absolute atomic E-state index is 0.117. The van der Waals surface area contributed by atoms with E-state index in [2.05, 4.69) is 12.2 Å². The fourth-order valence-corrected chi connectivity index (χ4v) is 1.87. The summed E-state index contributed by atoms with van der Waals surface area (Å²) < 4.78 is 5.24. The number of hydrogen-bond donors (Lipinski definition) is 1. The molecule has 0 aliphatic heterocycles. The number of rotatable bonds is 9. The summed E-state index contributed by atoms with van der Waals surface area (Å²) in [6, 6.07) is 4.66. The zero-order chi connectivity index (χ0) is 15.7. The van der Waals surface area contributed by atoms with Gasteiger partial charge >= 0.3 is 5.69 Å². The van der Waals surface area contributed by atoms with Gasteiger partial charge in [-0.25, -0.2) is 0 Å². The first-order valence-corrected chi connectivity index (χ1v) is 7.19. The van der Waals surface area contributed by atoms with Crippen LogP contribution in [0.1, 0.15) is 38.2 Å². The molecule has 0 atom stereocenters. The van der Waals surface area contributed by atoms with Crippen LogP contribution < -0.4 is 10.1 Å². The second-order valence-electron chi connectivity index (χ2n) is 4.93. The summed E-state index contributed by atoms with van der Waals surface area (Å²) in [5.41, 5.74) is 0.653. The van der Waals surface area contributed by atoms with Crippen LogP contribution in [0, 0.1) is 17.0 Å². The Morgan fingerprint density at radius 1 is 1.33 bits per heavy atom. The van der Waals surface area contributed by atoms with E-state index in [0.717, 1.165) is 31.2 Å². The highest BCUT2D eigenvalue weighted by Crippen LogP contribution is 2.27. The number of hydrogen-bond acceptors (Lipinski definition) is 4. The Balaban J connectivity index is 2.41. The molecule has 6 heteroatoms. The monoisotopic (exact) mass is 294 g/mol. The Morgan fingerprint density at radius 2 is 2.10 bits per heavy atom. The van der Waals surface area contributed by atoms with Gasteiger partial charge < -0.3 is 10.1 Å². The molecule has 0 aliphatic carbocycles. The third kappa shape index (κ3) is 6.25. The summed E-state index contributed by atoms with van der Waals surface area (Å²) in [5, 5.41) is 13.7. The fourth-order valence-electron chi connectivity index (χ4n) is 1.87. The smallest absolute Gasteiger partial charge is 0.311 e. The van der Waals surface area contributed by atoms with Crippen LogP contribution in [0.3, 0.4) is 0 Å². The van der Waals surface area contributed by atoms with E-state index in [0.29, 0.717) is 6.54 Å². The largest absolute Gasteiger partial charge is 0.477 e. The molecule has 0 aliphatic rings. The standard InChI is InChI=1S/C15H22N2O4/c1-3-4-5-6-9-16-15(18)11-21-14-8-7-12(2)10-13(14)17(19)20/h7-8,10H,3-6,9,11H2,1-2H3,(H,16,18).